The van der Waals surface area contributed by atoms with Gasteiger partial charge in [0.25, 0.3) is 0 Å². The Morgan fingerprint density at radius 3 is 2.11 bits per heavy atom. The van der Waals surface area contributed by atoms with Crippen molar-refractivity contribution in [2.75, 3.05) is 6.61 Å². The van der Waals surface area contributed by atoms with Gasteiger partial charge in [0.05, 0.1) is 6.04 Å². The number of hydrogen-bond donors (Lipinski definition) is 1. The molecule has 1 unspecified atom stereocenters. The number of para-hydroxylation sites is 1. The van der Waals surface area contributed by atoms with Crippen LogP contribution in [-0.4, -0.2) is 6.61 Å². The summed E-state index contributed by atoms with van der Waals surface area (Å²) >= 11 is 0. The van der Waals surface area contributed by atoms with Crippen molar-refractivity contribution in [2.45, 2.75) is 6.04 Å². The molecule has 0 saturated heterocycles. The minimum atomic E-state index is -1.01. The lowest BCUT2D eigenvalue weighted by Gasteiger charge is -2.15. The third-order valence-corrected chi connectivity index (χ3v) is 2.63. The summed E-state index contributed by atoms with van der Waals surface area (Å²) in [5, 5.41) is 0. The predicted octanol–water partition coefficient (Wildman–Crippen LogP) is 3.18. The lowest BCUT2D eigenvalue weighted by atomic mass is 10.1. The highest BCUT2D eigenvalue weighted by Crippen LogP contribution is 2.21. The molecule has 0 saturated carbocycles. The maximum Gasteiger partial charge on any atom is 0.165 e. The van der Waals surface area contributed by atoms with Crippen molar-refractivity contribution >= 4 is 0 Å². The van der Waals surface area contributed by atoms with Crippen LogP contribution in [0.1, 0.15) is 11.6 Å². The summed E-state index contributed by atoms with van der Waals surface area (Å²) in [4.78, 5) is 0. The summed E-state index contributed by atoms with van der Waals surface area (Å²) in [6, 6.07) is 8.21. The molecule has 0 aromatic heterocycles. The molecule has 0 radical (unpaired) electrons. The van der Waals surface area contributed by atoms with Gasteiger partial charge in [-0.1, -0.05) is 18.2 Å². The SMILES string of the molecule is NC(COc1ccccc1F)c1c(F)cccc1F. The fraction of sp³-hybridized carbons (Fsp3) is 0.143. The predicted molar refractivity (Wildman–Crippen MR) is 65.2 cm³/mol. The van der Waals surface area contributed by atoms with Crippen molar-refractivity contribution in [1.82, 2.24) is 0 Å². The van der Waals surface area contributed by atoms with Gasteiger partial charge in [0.15, 0.2) is 11.6 Å². The standard InChI is InChI=1S/C14H12F3NO/c15-9-4-1-2-7-13(9)19-8-12(18)14-10(16)5-3-6-11(14)17/h1-7,12H,8,18H2. The number of nitrogens with two attached hydrogens (primary N) is 1. The number of rotatable bonds is 4. The van der Waals surface area contributed by atoms with Crippen molar-refractivity contribution in [2.24, 2.45) is 5.73 Å². The second kappa shape index (κ2) is 5.75. The molecular weight excluding hydrogens is 255 g/mol. The van der Waals surface area contributed by atoms with E-state index in [0.717, 1.165) is 12.1 Å². The summed E-state index contributed by atoms with van der Waals surface area (Å²) in [5.74, 6) is -2.05. The van der Waals surface area contributed by atoms with Crippen LogP contribution in [-0.2, 0) is 0 Å². The van der Waals surface area contributed by atoms with Crippen LogP contribution in [0.5, 0.6) is 5.75 Å². The molecule has 5 heteroatoms. The molecule has 0 heterocycles. The van der Waals surface area contributed by atoms with Crippen LogP contribution < -0.4 is 10.5 Å². The zero-order chi connectivity index (χ0) is 13.8. The molecule has 0 fully saturated rings. The highest BCUT2D eigenvalue weighted by atomic mass is 19.1. The van der Waals surface area contributed by atoms with Gasteiger partial charge in [0.2, 0.25) is 0 Å². The lowest BCUT2D eigenvalue weighted by Crippen LogP contribution is -2.21. The lowest BCUT2D eigenvalue weighted by molar-refractivity contribution is 0.272. The average Bonchev–Trinajstić information content (AvgIpc) is 2.37. The van der Waals surface area contributed by atoms with Gasteiger partial charge in [0.1, 0.15) is 18.2 Å². The molecule has 19 heavy (non-hydrogen) atoms. The Balaban J connectivity index is 2.10. The minimum Gasteiger partial charge on any atom is -0.489 e. The average molecular weight is 267 g/mol. The van der Waals surface area contributed by atoms with Gasteiger partial charge in [0, 0.05) is 5.56 Å². The summed E-state index contributed by atoms with van der Waals surface area (Å²) in [6.07, 6.45) is 0. The molecule has 0 aliphatic heterocycles. The van der Waals surface area contributed by atoms with E-state index in [1.54, 1.807) is 6.07 Å². The first-order valence-electron chi connectivity index (χ1n) is 5.66. The van der Waals surface area contributed by atoms with Crippen LogP contribution in [0.2, 0.25) is 0 Å². The molecular formula is C14H12F3NO. The van der Waals surface area contributed by atoms with E-state index in [0.29, 0.717) is 0 Å². The summed E-state index contributed by atoms with van der Waals surface area (Å²) < 4.78 is 45.3. The van der Waals surface area contributed by atoms with Crippen molar-refractivity contribution in [3.63, 3.8) is 0 Å². The molecule has 2 aromatic rings. The van der Waals surface area contributed by atoms with Gasteiger partial charge in [-0.2, -0.15) is 0 Å². The maximum atomic E-state index is 13.5. The minimum absolute atomic E-state index is 0.00491. The van der Waals surface area contributed by atoms with Gasteiger partial charge >= 0.3 is 0 Å². The van der Waals surface area contributed by atoms with Crippen molar-refractivity contribution < 1.29 is 17.9 Å². The van der Waals surface area contributed by atoms with Crippen LogP contribution in [0.15, 0.2) is 42.5 Å². The van der Waals surface area contributed by atoms with E-state index in [1.807, 2.05) is 0 Å². The first-order chi connectivity index (χ1) is 9.09. The maximum absolute atomic E-state index is 13.5. The Bertz CT molecular complexity index is 554. The van der Waals surface area contributed by atoms with Gasteiger partial charge in [-0.15, -0.1) is 0 Å². The monoisotopic (exact) mass is 267 g/mol. The second-order valence-corrected chi connectivity index (χ2v) is 3.98. The Kier molecular flexibility index (Phi) is 4.06. The quantitative estimate of drug-likeness (QED) is 0.923. The zero-order valence-electron chi connectivity index (χ0n) is 9.95. The molecule has 100 valence electrons. The Labute approximate surface area is 108 Å². The Hall–Kier alpha value is -2.01. The zero-order valence-corrected chi connectivity index (χ0v) is 9.95. The smallest absolute Gasteiger partial charge is 0.165 e. The van der Waals surface area contributed by atoms with E-state index in [2.05, 4.69) is 0 Å². The van der Waals surface area contributed by atoms with Gasteiger partial charge < -0.3 is 10.5 Å². The van der Waals surface area contributed by atoms with E-state index < -0.39 is 23.5 Å². The Morgan fingerprint density at radius 1 is 0.895 bits per heavy atom. The molecule has 2 N–H and O–H groups in total. The molecule has 2 aromatic carbocycles. The van der Waals surface area contributed by atoms with E-state index in [4.69, 9.17) is 10.5 Å². The van der Waals surface area contributed by atoms with E-state index in [9.17, 15) is 13.2 Å². The van der Waals surface area contributed by atoms with Crippen LogP contribution in [0, 0.1) is 17.5 Å². The van der Waals surface area contributed by atoms with Crippen LogP contribution in [0.25, 0.3) is 0 Å². The number of ether oxygens (including phenoxy) is 1. The van der Waals surface area contributed by atoms with E-state index >= 15 is 0 Å². The summed E-state index contributed by atoms with van der Waals surface area (Å²) in [7, 11) is 0. The molecule has 0 spiro atoms. The molecule has 1 atom stereocenters. The van der Waals surface area contributed by atoms with E-state index in [1.165, 1.54) is 24.3 Å². The molecule has 0 amide bonds. The molecule has 2 rings (SSSR count). The third-order valence-electron chi connectivity index (χ3n) is 2.63. The van der Waals surface area contributed by atoms with Gasteiger partial charge in [-0.05, 0) is 24.3 Å². The third kappa shape index (κ3) is 3.06. The van der Waals surface area contributed by atoms with Crippen LogP contribution in [0.3, 0.4) is 0 Å². The second-order valence-electron chi connectivity index (χ2n) is 3.98. The highest BCUT2D eigenvalue weighted by molar-refractivity contribution is 5.25. The fourth-order valence-corrected chi connectivity index (χ4v) is 1.69. The Morgan fingerprint density at radius 2 is 1.47 bits per heavy atom. The largest absolute Gasteiger partial charge is 0.489 e. The van der Waals surface area contributed by atoms with Crippen molar-refractivity contribution in [3.05, 3.63) is 65.5 Å². The highest BCUT2D eigenvalue weighted by Gasteiger charge is 2.17. The first-order valence-corrected chi connectivity index (χ1v) is 5.66. The number of halogens is 3. The number of hydrogen-bond acceptors (Lipinski definition) is 2. The summed E-state index contributed by atoms with van der Waals surface area (Å²) in [6.45, 7) is -0.223. The van der Waals surface area contributed by atoms with Crippen LogP contribution in [0.4, 0.5) is 13.2 Å². The van der Waals surface area contributed by atoms with Gasteiger partial charge in [-0.3, -0.25) is 0 Å². The van der Waals surface area contributed by atoms with Gasteiger partial charge in [-0.25, -0.2) is 13.2 Å². The first kappa shape index (κ1) is 13.4. The molecule has 0 bridgehead atoms. The molecule has 0 aliphatic carbocycles. The normalized spacial score (nSPS) is 12.2. The van der Waals surface area contributed by atoms with Crippen molar-refractivity contribution in [3.8, 4) is 5.75 Å². The van der Waals surface area contributed by atoms with Crippen LogP contribution >= 0.6 is 0 Å². The fourth-order valence-electron chi connectivity index (χ4n) is 1.69. The van der Waals surface area contributed by atoms with Crippen molar-refractivity contribution in [1.29, 1.82) is 0 Å². The number of benzene rings is 2. The summed E-state index contributed by atoms with van der Waals surface area (Å²) in [5.41, 5.74) is 5.40. The van der Waals surface area contributed by atoms with E-state index in [-0.39, 0.29) is 17.9 Å². The molecule has 2 nitrogen and oxygen atoms in total. The topological polar surface area (TPSA) is 35.2 Å². The molecule has 0 aliphatic rings.